The van der Waals surface area contributed by atoms with Crippen molar-refractivity contribution in [1.82, 2.24) is 9.29 Å². The number of hydrogen-bond donors (Lipinski definition) is 1. The van der Waals surface area contributed by atoms with Crippen molar-refractivity contribution in [2.75, 3.05) is 18.5 Å². The van der Waals surface area contributed by atoms with Crippen LogP contribution in [0.5, 0.6) is 0 Å². The normalized spacial score (nSPS) is 12.4. The summed E-state index contributed by atoms with van der Waals surface area (Å²) in [5.74, 6) is 0.444. The van der Waals surface area contributed by atoms with Crippen LogP contribution in [0.3, 0.4) is 0 Å². The van der Waals surface area contributed by atoms with Crippen LogP contribution in [-0.2, 0) is 10.0 Å². The molecule has 0 saturated carbocycles. The maximum absolute atomic E-state index is 12.5. The van der Waals surface area contributed by atoms with Gasteiger partial charge in [-0.25, -0.2) is 13.4 Å². The molecule has 0 spiro atoms. The molecule has 146 valence electrons. The van der Waals surface area contributed by atoms with Gasteiger partial charge in [0.05, 0.1) is 15.8 Å². The molecule has 1 aromatic heterocycles. The molecule has 0 bridgehead atoms. The number of halogens is 2. The molecule has 0 atom stereocenters. The van der Waals surface area contributed by atoms with E-state index in [1.165, 1.54) is 16.6 Å². The average molecular weight is 429 g/mol. The first kappa shape index (κ1) is 21.6. The second kappa shape index (κ2) is 9.50. The van der Waals surface area contributed by atoms with Gasteiger partial charge in [0.1, 0.15) is 10.7 Å². The van der Waals surface area contributed by atoms with Crippen LogP contribution in [0.15, 0.2) is 46.5 Å². The Labute approximate surface area is 170 Å². The number of aromatic nitrogens is 1. The minimum atomic E-state index is -3.53. The highest BCUT2D eigenvalue weighted by Gasteiger charge is 2.21. The molecule has 2 aromatic rings. The standard InChI is InChI=1S/C18H22Cl2N4O2S/c1-4-17(13-7-9-15(19)16(20)11-13)22-23-18-10-8-14(12-21-18)27(25,26)24(5-2)6-3/h7-12H,4-6H2,1-3H3,(H,21,23)/b22-17+. The van der Waals surface area contributed by atoms with E-state index in [1.54, 1.807) is 32.0 Å². The second-order valence-electron chi connectivity index (χ2n) is 5.62. The van der Waals surface area contributed by atoms with Gasteiger partial charge in [-0.1, -0.05) is 50.0 Å². The summed E-state index contributed by atoms with van der Waals surface area (Å²) in [4.78, 5) is 4.31. The minimum Gasteiger partial charge on any atom is -0.261 e. The van der Waals surface area contributed by atoms with E-state index in [2.05, 4.69) is 15.5 Å². The van der Waals surface area contributed by atoms with E-state index in [0.29, 0.717) is 35.4 Å². The number of nitrogens with zero attached hydrogens (tertiary/aromatic N) is 3. The van der Waals surface area contributed by atoms with Crippen LogP contribution in [0.2, 0.25) is 10.0 Å². The molecule has 0 aliphatic rings. The van der Waals surface area contributed by atoms with Crippen LogP contribution >= 0.6 is 23.2 Å². The average Bonchev–Trinajstić information content (AvgIpc) is 2.66. The number of hydrazone groups is 1. The Bertz CT molecular complexity index is 911. The second-order valence-corrected chi connectivity index (χ2v) is 8.37. The van der Waals surface area contributed by atoms with E-state index < -0.39 is 10.0 Å². The number of sulfonamides is 1. The van der Waals surface area contributed by atoms with Crippen molar-refractivity contribution < 1.29 is 8.42 Å². The lowest BCUT2D eigenvalue weighted by Gasteiger charge is -2.18. The van der Waals surface area contributed by atoms with E-state index >= 15 is 0 Å². The predicted molar refractivity (Wildman–Crippen MR) is 111 cm³/mol. The monoisotopic (exact) mass is 428 g/mol. The quantitative estimate of drug-likeness (QED) is 0.490. The van der Waals surface area contributed by atoms with E-state index in [0.717, 1.165) is 11.3 Å². The van der Waals surface area contributed by atoms with Crippen LogP contribution < -0.4 is 5.43 Å². The zero-order chi connectivity index (χ0) is 20.0. The highest BCUT2D eigenvalue weighted by atomic mass is 35.5. The Hall–Kier alpha value is -1.67. The van der Waals surface area contributed by atoms with Gasteiger partial charge in [0.2, 0.25) is 10.0 Å². The third kappa shape index (κ3) is 5.19. The molecule has 0 fully saturated rings. The minimum absolute atomic E-state index is 0.154. The van der Waals surface area contributed by atoms with Crippen molar-refractivity contribution in [1.29, 1.82) is 0 Å². The summed E-state index contributed by atoms with van der Waals surface area (Å²) in [6.45, 7) is 6.39. The highest BCUT2D eigenvalue weighted by Crippen LogP contribution is 2.23. The summed E-state index contributed by atoms with van der Waals surface area (Å²) in [6.07, 6.45) is 2.00. The van der Waals surface area contributed by atoms with Gasteiger partial charge in [0, 0.05) is 19.3 Å². The van der Waals surface area contributed by atoms with E-state index in [1.807, 2.05) is 13.0 Å². The van der Waals surface area contributed by atoms with Crippen LogP contribution in [0.25, 0.3) is 0 Å². The molecule has 1 aromatic carbocycles. The van der Waals surface area contributed by atoms with Gasteiger partial charge in [-0.05, 0) is 36.2 Å². The number of anilines is 1. The Morgan fingerprint density at radius 2 is 1.81 bits per heavy atom. The Kier molecular flexibility index (Phi) is 7.61. The molecule has 0 aliphatic carbocycles. The summed E-state index contributed by atoms with van der Waals surface area (Å²) >= 11 is 12.0. The fraction of sp³-hybridized carbons (Fsp3) is 0.333. The lowest BCUT2D eigenvalue weighted by molar-refractivity contribution is 0.445. The number of benzene rings is 1. The molecule has 1 N–H and O–H groups in total. The van der Waals surface area contributed by atoms with E-state index in [-0.39, 0.29) is 4.90 Å². The summed E-state index contributed by atoms with van der Waals surface area (Å²) in [6, 6.07) is 8.41. The lowest BCUT2D eigenvalue weighted by atomic mass is 10.1. The van der Waals surface area contributed by atoms with Crippen LogP contribution in [-0.4, -0.2) is 36.5 Å². The van der Waals surface area contributed by atoms with Crippen molar-refractivity contribution in [2.24, 2.45) is 5.10 Å². The molecular formula is C18H22Cl2N4O2S. The fourth-order valence-corrected chi connectivity index (χ4v) is 4.16. The van der Waals surface area contributed by atoms with Crippen molar-refractivity contribution in [3.8, 4) is 0 Å². The third-order valence-electron chi connectivity index (χ3n) is 3.97. The Morgan fingerprint density at radius 1 is 1.11 bits per heavy atom. The van der Waals surface area contributed by atoms with E-state index in [9.17, 15) is 8.42 Å². The molecule has 0 amide bonds. The summed E-state index contributed by atoms with van der Waals surface area (Å²) in [7, 11) is -3.53. The zero-order valence-electron chi connectivity index (χ0n) is 15.4. The van der Waals surface area contributed by atoms with Crippen LogP contribution in [0.4, 0.5) is 5.82 Å². The first-order valence-electron chi connectivity index (χ1n) is 8.57. The van der Waals surface area contributed by atoms with Gasteiger partial charge in [0.15, 0.2) is 0 Å². The number of nitrogens with one attached hydrogen (secondary N) is 1. The van der Waals surface area contributed by atoms with Crippen molar-refractivity contribution in [2.45, 2.75) is 32.1 Å². The van der Waals surface area contributed by atoms with Crippen molar-refractivity contribution in [3.63, 3.8) is 0 Å². The summed E-state index contributed by atoms with van der Waals surface area (Å²) in [5, 5.41) is 5.30. The number of pyridine rings is 1. The van der Waals surface area contributed by atoms with Gasteiger partial charge in [-0.2, -0.15) is 9.41 Å². The first-order chi connectivity index (χ1) is 12.8. The third-order valence-corrected chi connectivity index (χ3v) is 6.75. The maximum atomic E-state index is 12.5. The highest BCUT2D eigenvalue weighted by molar-refractivity contribution is 7.89. The molecule has 0 unspecified atom stereocenters. The van der Waals surface area contributed by atoms with Gasteiger partial charge < -0.3 is 0 Å². The summed E-state index contributed by atoms with van der Waals surface area (Å²) in [5.41, 5.74) is 4.48. The smallest absolute Gasteiger partial charge is 0.244 e. The van der Waals surface area contributed by atoms with Crippen molar-refractivity contribution >= 4 is 44.8 Å². The zero-order valence-corrected chi connectivity index (χ0v) is 17.7. The lowest BCUT2D eigenvalue weighted by Crippen LogP contribution is -2.30. The molecule has 2 rings (SSSR count). The van der Waals surface area contributed by atoms with Gasteiger partial charge in [0.25, 0.3) is 0 Å². The summed E-state index contributed by atoms with van der Waals surface area (Å²) < 4.78 is 26.3. The number of rotatable bonds is 8. The molecule has 1 heterocycles. The molecule has 0 aliphatic heterocycles. The van der Waals surface area contributed by atoms with Gasteiger partial charge >= 0.3 is 0 Å². The molecule has 0 radical (unpaired) electrons. The van der Waals surface area contributed by atoms with Crippen LogP contribution in [0.1, 0.15) is 32.8 Å². The molecule has 27 heavy (non-hydrogen) atoms. The molecule has 6 nitrogen and oxygen atoms in total. The largest absolute Gasteiger partial charge is 0.261 e. The van der Waals surface area contributed by atoms with Crippen molar-refractivity contribution in [3.05, 3.63) is 52.1 Å². The maximum Gasteiger partial charge on any atom is 0.244 e. The Morgan fingerprint density at radius 3 is 2.33 bits per heavy atom. The van der Waals surface area contributed by atoms with E-state index in [4.69, 9.17) is 23.2 Å². The predicted octanol–water partition coefficient (Wildman–Crippen LogP) is 4.65. The van der Waals surface area contributed by atoms with Crippen LogP contribution in [0, 0.1) is 0 Å². The molecular weight excluding hydrogens is 407 g/mol. The van der Waals surface area contributed by atoms with Gasteiger partial charge in [-0.15, -0.1) is 0 Å². The topological polar surface area (TPSA) is 74.7 Å². The molecule has 0 saturated heterocycles. The first-order valence-corrected chi connectivity index (χ1v) is 10.8. The molecule has 9 heteroatoms. The Balaban J connectivity index is 2.20. The number of hydrogen-bond acceptors (Lipinski definition) is 5. The fourth-order valence-electron chi connectivity index (χ4n) is 2.46. The SMILES string of the molecule is CC/C(=N\Nc1ccc(S(=O)(=O)N(CC)CC)cn1)c1ccc(Cl)c(Cl)c1. The van der Waals surface area contributed by atoms with Gasteiger partial charge in [-0.3, -0.25) is 5.43 Å².